The van der Waals surface area contributed by atoms with Gasteiger partial charge in [-0.1, -0.05) is 26.8 Å². The Balaban J connectivity index is 1.65. The Kier molecular flexibility index (Phi) is 5.65. The fourth-order valence-corrected chi connectivity index (χ4v) is 7.59. The quantitative estimate of drug-likeness (QED) is 0.608. The summed E-state index contributed by atoms with van der Waals surface area (Å²) in [5.41, 5.74) is 2.39. The first-order chi connectivity index (χ1) is 14.2. The molecule has 1 saturated heterocycles. The van der Waals surface area contributed by atoms with Gasteiger partial charge in [-0.05, 0) is 69.1 Å². The molecule has 1 aliphatic heterocycles. The molecule has 166 valence electrons. The molecule has 30 heavy (non-hydrogen) atoms. The van der Waals surface area contributed by atoms with Crippen LogP contribution in [0.4, 0.5) is 0 Å². The summed E-state index contributed by atoms with van der Waals surface area (Å²) in [5.74, 6) is 2.41. The number of hydrogen-bond acceptors (Lipinski definition) is 3. The van der Waals surface area contributed by atoms with Crippen LogP contribution in [0.2, 0.25) is 0 Å². The molecule has 2 saturated carbocycles. The van der Waals surface area contributed by atoms with Crippen molar-refractivity contribution in [3.05, 3.63) is 23.9 Å². The number of amides is 1. The molecule has 0 N–H and O–H groups in total. The van der Waals surface area contributed by atoms with Gasteiger partial charge in [0.05, 0.1) is 0 Å². The first kappa shape index (κ1) is 21.6. The number of fused-ring (bicyclic) bond motifs is 5. The summed E-state index contributed by atoms with van der Waals surface area (Å²) in [5, 5.41) is 0. The number of carbonyl (C=O) groups is 2. The molecule has 0 aromatic heterocycles. The predicted octanol–water partition coefficient (Wildman–Crippen LogP) is 4.81. The van der Waals surface area contributed by atoms with E-state index in [1.165, 1.54) is 37.8 Å². The molecule has 0 radical (unpaired) electrons. The molecule has 3 fully saturated rings. The van der Waals surface area contributed by atoms with E-state index in [2.05, 4.69) is 25.3 Å². The Labute approximate surface area is 182 Å². The SMILES string of the molecule is C=C(CN1C[C@H]2[C@@H]3CCC[C@@]3(C)CC[C@@H]2[C@@]2(C)CCC(=O)C=C12)C(=O)N(CC)CC. The van der Waals surface area contributed by atoms with Crippen LogP contribution in [0.5, 0.6) is 0 Å². The number of ketones is 1. The smallest absolute Gasteiger partial charge is 0.250 e. The molecule has 1 amide bonds. The van der Waals surface area contributed by atoms with Crippen LogP contribution in [-0.2, 0) is 9.59 Å². The average molecular weight is 413 g/mol. The highest BCUT2D eigenvalue weighted by Gasteiger charge is 2.58. The van der Waals surface area contributed by atoms with E-state index < -0.39 is 0 Å². The zero-order valence-corrected chi connectivity index (χ0v) is 19.5. The van der Waals surface area contributed by atoms with Crippen LogP contribution < -0.4 is 0 Å². The summed E-state index contributed by atoms with van der Waals surface area (Å²) in [6, 6.07) is 0. The summed E-state index contributed by atoms with van der Waals surface area (Å²) in [6.07, 6.45) is 10.2. The number of likely N-dealkylation sites (tertiary alicyclic amines) is 1. The van der Waals surface area contributed by atoms with E-state index in [9.17, 15) is 9.59 Å². The highest BCUT2D eigenvalue weighted by atomic mass is 16.2. The highest BCUT2D eigenvalue weighted by Crippen LogP contribution is 2.63. The second kappa shape index (κ2) is 7.84. The number of carbonyl (C=O) groups excluding carboxylic acids is 2. The Morgan fingerprint density at radius 2 is 1.90 bits per heavy atom. The van der Waals surface area contributed by atoms with Gasteiger partial charge in [0.2, 0.25) is 0 Å². The van der Waals surface area contributed by atoms with E-state index in [1.54, 1.807) is 0 Å². The number of allylic oxidation sites excluding steroid dienone is 2. The summed E-state index contributed by atoms with van der Waals surface area (Å²) < 4.78 is 0. The highest BCUT2D eigenvalue weighted by molar-refractivity contribution is 5.93. The molecule has 0 unspecified atom stereocenters. The monoisotopic (exact) mass is 412 g/mol. The van der Waals surface area contributed by atoms with Crippen molar-refractivity contribution in [2.24, 2.45) is 28.6 Å². The van der Waals surface area contributed by atoms with Gasteiger partial charge in [-0.25, -0.2) is 0 Å². The van der Waals surface area contributed by atoms with Crippen molar-refractivity contribution in [2.45, 2.75) is 72.6 Å². The minimum atomic E-state index is 0.0548. The van der Waals surface area contributed by atoms with E-state index in [-0.39, 0.29) is 17.1 Å². The lowest BCUT2D eigenvalue weighted by Crippen LogP contribution is -2.57. The maximum Gasteiger partial charge on any atom is 0.250 e. The number of likely N-dealkylation sites (N-methyl/N-ethyl adjacent to an activating group) is 1. The van der Waals surface area contributed by atoms with Crippen molar-refractivity contribution in [1.29, 1.82) is 0 Å². The predicted molar refractivity (Wildman–Crippen MR) is 121 cm³/mol. The molecule has 0 aromatic carbocycles. The number of piperidine rings is 1. The van der Waals surface area contributed by atoms with Gasteiger partial charge in [0.15, 0.2) is 5.78 Å². The third-order valence-corrected chi connectivity index (χ3v) is 9.32. The van der Waals surface area contributed by atoms with Gasteiger partial charge in [-0.2, -0.15) is 0 Å². The van der Waals surface area contributed by atoms with E-state index >= 15 is 0 Å². The van der Waals surface area contributed by atoms with E-state index in [0.29, 0.717) is 48.9 Å². The zero-order valence-electron chi connectivity index (χ0n) is 19.5. The standard InChI is InChI=1S/C26H40N2O2/c1-6-27(7-2)24(30)18(3)16-28-17-20-21-9-8-12-25(21,4)13-11-22(20)26(5)14-10-19(29)15-23(26)28/h15,20-22H,3,6-14,16-17H2,1-2,4-5H3/t20-,21-,22-,25-,26+/m0/s1. The first-order valence-electron chi connectivity index (χ1n) is 12.2. The summed E-state index contributed by atoms with van der Waals surface area (Å²) in [4.78, 5) is 29.6. The van der Waals surface area contributed by atoms with Gasteiger partial charge in [0, 0.05) is 55.4 Å². The van der Waals surface area contributed by atoms with Crippen molar-refractivity contribution in [3.8, 4) is 0 Å². The largest absolute Gasteiger partial charge is 0.369 e. The summed E-state index contributed by atoms with van der Waals surface area (Å²) in [7, 11) is 0. The third-order valence-electron chi connectivity index (χ3n) is 9.32. The Bertz CT molecular complexity index is 767. The fourth-order valence-electron chi connectivity index (χ4n) is 7.59. The van der Waals surface area contributed by atoms with Crippen molar-refractivity contribution in [1.82, 2.24) is 9.80 Å². The maximum atomic E-state index is 12.9. The van der Waals surface area contributed by atoms with Crippen LogP contribution in [0.25, 0.3) is 0 Å². The minimum Gasteiger partial charge on any atom is -0.369 e. The van der Waals surface area contributed by atoms with Crippen LogP contribution in [0, 0.1) is 28.6 Å². The van der Waals surface area contributed by atoms with Crippen LogP contribution in [-0.4, -0.2) is 47.7 Å². The lowest BCUT2D eigenvalue weighted by atomic mass is 9.50. The molecular weight excluding hydrogens is 372 g/mol. The minimum absolute atomic E-state index is 0.0548. The van der Waals surface area contributed by atoms with Gasteiger partial charge in [-0.15, -0.1) is 0 Å². The van der Waals surface area contributed by atoms with Crippen molar-refractivity contribution in [3.63, 3.8) is 0 Å². The molecule has 0 bridgehead atoms. The summed E-state index contributed by atoms with van der Waals surface area (Å²) in [6.45, 7) is 16.1. The van der Waals surface area contributed by atoms with Crippen LogP contribution in [0.15, 0.2) is 23.9 Å². The van der Waals surface area contributed by atoms with Gasteiger partial charge in [0.25, 0.3) is 5.91 Å². The average Bonchev–Trinajstić information content (AvgIpc) is 3.12. The molecule has 4 aliphatic rings. The number of nitrogens with zero attached hydrogens (tertiary/aromatic N) is 2. The Morgan fingerprint density at radius 3 is 2.60 bits per heavy atom. The fraction of sp³-hybridized carbons (Fsp3) is 0.769. The molecule has 1 heterocycles. The lowest BCUT2D eigenvalue weighted by molar-refractivity contribution is -0.127. The van der Waals surface area contributed by atoms with Gasteiger partial charge in [-0.3, -0.25) is 9.59 Å². The molecule has 0 aromatic rings. The van der Waals surface area contributed by atoms with E-state index in [0.717, 1.165) is 18.9 Å². The molecular formula is C26H40N2O2. The van der Waals surface area contributed by atoms with Crippen LogP contribution in [0.3, 0.4) is 0 Å². The number of rotatable bonds is 5. The normalized spacial score (nSPS) is 37.7. The van der Waals surface area contributed by atoms with Crippen molar-refractivity contribution < 1.29 is 9.59 Å². The molecule has 4 heteroatoms. The molecule has 0 spiro atoms. The van der Waals surface area contributed by atoms with Crippen LogP contribution >= 0.6 is 0 Å². The second-order valence-corrected chi connectivity index (χ2v) is 10.8. The second-order valence-electron chi connectivity index (χ2n) is 10.8. The topological polar surface area (TPSA) is 40.6 Å². The molecule has 4 rings (SSSR count). The van der Waals surface area contributed by atoms with Gasteiger partial charge >= 0.3 is 0 Å². The summed E-state index contributed by atoms with van der Waals surface area (Å²) >= 11 is 0. The van der Waals surface area contributed by atoms with E-state index in [4.69, 9.17) is 0 Å². The molecule has 5 atom stereocenters. The lowest BCUT2D eigenvalue weighted by Gasteiger charge is -2.60. The third kappa shape index (κ3) is 3.35. The number of hydrogen-bond donors (Lipinski definition) is 0. The van der Waals surface area contributed by atoms with E-state index in [1.807, 2.05) is 24.8 Å². The maximum absolute atomic E-state index is 12.9. The first-order valence-corrected chi connectivity index (χ1v) is 12.2. The van der Waals surface area contributed by atoms with Crippen molar-refractivity contribution >= 4 is 11.7 Å². The Morgan fingerprint density at radius 1 is 1.17 bits per heavy atom. The molecule has 3 aliphatic carbocycles. The molecule has 4 nitrogen and oxygen atoms in total. The Hall–Kier alpha value is -1.58. The zero-order chi connectivity index (χ0) is 21.7. The van der Waals surface area contributed by atoms with Crippen LogP contribution in [0.1, 0.15) is 72.6 Å². The van der Waals surface area contributed by atoms with Gasteiger partial charge in [0.1, 0.15) is 0 Å². The van der Waals surface area contributed by atoms with Gasteiger partial charge < -0.3 is 9.80 Å². The van der Waals surface area contributed by atoms with Crippen molar-refractivity contribution in [2.75, 3.05) is 26.2 Å².